The van der Waals surface area contributed by atoms with Crippen LogP contribution in [0.2, 0.25) is 0 Å². The molecule has 0 aliphatic heterocycles. The summed E-state index contributed by atoms with van der Waals surface area (Å²) in [6.45, 7) is 6.09. The fraction of sp³-hybridized carbons (Fsp3) is 0.538. The lowest BCUT2D eigenvalue weighted by atomic mass is 9.85. The maximum Gasteiger partial charge on any atom is 0.303 e. The van der Waals surface area contributed by atoms with E-state index < -0.39 is 11.4 Å². The van der Waals surface area contributed by atoms with E-state index in [1.165, 1.54) is 5.56 Å². The minimum Gasteiger partial charge on any atom is -0.481 e. The molecule has 1 amide bonds. The summed E-state index contributed by atoms with van der Waals surface area (Å²) in [6.07, 6.45) is 0.223. The highest BCUT2D eigenvalue weighted by Gasteiger charge is 2.25. The highest BCUT2D eigenvalue weighted by atomic mass is 32.1. The predicted octanol–water partition coefficient (Wildman–Crippen LogP) is 2.56. The van der Waals surface area contributed by atoms with E-state index in [1.54, 1.807) is 25.2 Å². The lowest BCUT2D eigenvalue weighted by Gasteiger charge is -2.21. The minimum atomic E-state index is -0.874. The van der Waals surface area contributed by atoms with E-state index in [4.69, 9.17) is 5.11 Å². The monoisotopic (exact) mass is 269 g/mol. The number of nitrogens with one attached hydrogen (secondary N) is 1. The summed E-state index contributed by atoms with van der Waals surface area (Å²) in [4.78, 5) is 22.4. The predicted molar refractivity (Wildman–Crippen MR) is 71.6 cm³/mol. The van der Waals surface area contributed by atoms with Gasteiger partial charge in [0, 0.05) is 13.0 Å². The highest BCUT2D eigenvalue weighted by Crippen LogP contribution is 2.24. The van der Waals surface area contributed by atoms with Gasteiger partial charge < -0.3 is 10.4 Å². The van der Waals surface area contributed by atoms with Gasteiger partial charge in [-0.1, -0.05) is 13.8 Å². The van der Waals surface area contributed by atoms with Gasteiger partial charge in [0.2, 0.25) is 5.91 Å². The molecule has 1 heterocycles. The minimum absolute atomic E-state index is 0.00208. The first-order valence-electron chi connectivity index (χ1n) is 5.80. The van der Waals surface area contributed by atoms with Crippen molar-refractivity contribution in [1.82, 2.24) is 5.32 Å². The third-order valence-corrected chi connectivity index (χ3v) is 3.62. The fourth-order valence-corrected chi connectivity index (χ4v) is 2.59. The Bertz CT molecular complexity index is 437. The van der Waals surface area contributed by atoms with E-state index in [1.807, 2.05) is 17.7 Å². The average molecular weight is 269 g/mol. The maximum absolute atomic E-state index is 11.7. The van der Waals surface area contributed by atoms with Crippen LogP contribution in [0, 0.1) is 12.3 Å². The van der Waals surface area contributed by atoms with Gasteiger partial charge in [-0.25, -0.2) is 0 Å². The number of carboxylic acid groups (broad SMARTS) is 1. The number of hydrogen-bond donors (Lipinski definition) is 2. The molecular weight excluding hydrogens is 250 g/mol. The zero-order valence-electron chi connectivity index (χ0n) is 10.9. The lowest BCUT2D eigenvalue weighted by molar-refractivity contribution is -0.139. The van der Waals surface area contributed by atoms with E-state index in [-0.39, 0.29) is 18.7 Å². The molecule has 1 aromatic rings. The maximum atomic E-state index is 11.7. The first-order chi connectivity index (χ1) is 8.30. The fourth-order valence-electron chi connectivity index (χ4n) is 1.73. The molecular formula is C13H19NO3S. The molecule has 4 nitrogen and oxygen atoms in total. The number of carbonyl (C=O) groups excluding carboxylic acids is 1. The number of carboxylic acids is 1. The Hall–Kier alpha value is -1.36. The molecule has 0 fully saturated rings. The summed E-state index contributed by atoms with van der Waals surface area (Å²) in [7, 11) is 0. The van der Waals surface area contributed by atoms with Crippen LogP contribution in [0.3, 0.4) is 0 Å². The number of amides is 1. The van der Waals surface area contributed by atoms with Crippen LogP contribution in [-0.2, 0) is 16.1 Å². The second-order valence-corrected chi connectivity index (χ2v) is 6.01. The van der Waals surface area contributed by atoms with Crippen LogP contribution in [0.5, 0.6) is 0 Å². The molecule has 0 aliphatic carbocycles. The number of carbonyl (C=O) groups is 2. The van der Waals surface area contributed by atoms with Gasteiger partial charge >= 0.3 is 5.97 Å². The summed E-state index contributed by atoms with van der Waals surface area (Å²) in [6, 6.07) is 0. The van der Waals surface area contributed by atoms with Gasteiger partial charge in [0.1, 0.15) is 0 Å². The van der Waals surface area contributed by atoms with Crippen molar-refractivity contribution in [1.29, 1.82) is 0 Å². The molecule has 0 radical (unpaired) electrons. The average Bonchev–Trinajstić information content (AvgIpc) is 2.58. The molecule has 0 aliphatic rings. The Morgan fingerprint density at radius 2 is 2.00 bits per heavy atom. The molecule has 0 spiro atoms. The largest absolute Gasteiger partial charge is 0.481 e. The van der Waals surface area contributed by atoms with Crippen LogP contribution in [0.15, 0.2) is 10.8 Å². The van der Waals surface area contributed by atoms with Crippen molar-refractivity contribution in [2.75, 3.05) is 0 Å². The van der Waals surface area contributed by atoms with Gasteiger partial charge in [-0.2, -0.15) is 11.3 Å². The molecule has 0 atom stereocenters. The second kappa shape index (κ2) is 6.00. The van der Waals surface area contributed by atoms with Gasteiger partial charge in [0.25, 0.3) is 0 Å². The topological polar surface area (TPSA) is 66.4 Å². The van der Waals surface area contributed by atoms with Crippen molar-refractivity contribution in [3.63, 3.8) is 0 Å². The highest BCUT2D eigenvalue weighted by molar-refractivity contribution is 7.08. The molecule has 100 valence electrons. The molecule has 18 heavy (non-hydrogen) atoms. The van der Waals surface area contributed by atoms with Crippen LogP contribution < -0.4 is 5.32 Å². The third kappa shape index (κ3) is 4.87. The molecule has 0 bridgehead atoms. The van der Waals surface area contributed by atoms with Crippen LogP contribution >= 0.6 is 11.3 Å². The van der Waals surface area contributed by atoms with Crippen LogP contribution in [0.4, 0.5) is 0 Å². The van der Waals surface area contributed by atoms with Gasteiger partial charge in [-0.3, -0.25) is 9.59 Å². The van der Waals surface area contributed by atoms with Crippen molar-refractivity contribution in [2.45, 2.75) is 40.2 Å². The lowest BCUT2D eigenvalue weighted by Crippen LogP contribution is -2.29. The Balaban J connectivity index is 2.42. The van der Waals surface area contributed by atoms with Crippen molar-refractivity contribution < 1.29 is 14.7 Å². The summed E-state index contributed by atoms with van der Waals surface area (Å²) >= 11 is 1.61. The van der Waals surface area contributed by atoms with Crippen molar-refractivity contribution in [3.05, 3.63) is 21.9 Å². The van der Waals surface area contributed by atoms with E-state index in [2.05, 4.69) is 5.32 Å². The number of rotatable bonds is 6. The van der Waals surface area contributed by atoms with Crippen molar-refractivity contribution in [2.24, 2.45) is 5.41 Å². The normalized spacial score (nSPS) is 11.3. The van der Waals surface area contributed by atoms with Gasteiger partial charge in [0.15, 0.2) is 0 Å². The van der Waals surface area contributed by atoms with E-state index in [9.17, 15) is 9.59 Å². The number of aryl methyl sites for hydroxylation is 1. The zero-order chi connectivity index (χ0) is 13.8. The number of thiophene rings is 1. The Morgan fingerprint density at radius 1 is 1.33 bits per heavy atom. The van der Waals surface area contributed by atoms with E-state index in [0.717, 1.165) is 5.56 Å². The smallest absolute Gasteiger partial charge is 0.303 e. The van der Waals surface area contributed by atoms with Crippen LogP contribution in [-0.4, -0.2) is 17.0 Å². The molecule has 0 saturated heterocycles. The quantitative estimate of drug-likeness (QED) is 0.834. The van der Waals surface area contributed by atoms with Crippen molar-refractivity contribution >= 4 is 23.2 Å². The standard InChI is InChI=1S/C13H19NO3S/c1-9-7-18-8-10(9)6-14-11(15)4-13(2,3)5-12(16)17/h7-8H,4-6H2,1-3H3,(H,14,15)(H,16,17). The molecule has 0 aromatic carbocycles. The van der Waals surface area contributed by atoms with Gasteiger partial charge in [-0.15, -0.1) is 0 Å². The molecule has 1 rings (SSSR count). The summed E-state index contributed by atoms with van der Waals surface area (Å²) < 4.78 is 0. The Kier molecular flexibility index (Phi) is 4.90. The van der Waals surface area contributed by atoms with Gasteiger partial charge in [0.05, 0.1) is 6.42 Å². The number of aliphatic carboxylic acids is 1. The second-order valence-electron chi connectivity index (χ2n) is 5.27. The first kappa shape index (κ1) is 14.7. The first-order valence-corrected chi connectivity index (χ1v) is 6.74. The van der Waals surface area contributed by atoms with E-state index >= 15 is 0 Å². The van der Waals surface area contributed by atoms with Crippen LogP contribution in [0.1, 0.15) is 37.8 Å². The molecule has 2 N–H and O–H groups in total. The third-order valence-electron chi connectivity index (χ3n) is 2.71. The molecule has 0 saturated carbocycles. The van der Waals surface area contributed by atoms with Crippen molar-refractivity contribution in [3.8, 4) is 0 Å². The summed E-state index contributed by atoms with van der Waals surface area (Å²) in [5.74, 6) is -0.978. The zero-order valence-corrected chi connectivity index (χ0v) is 11.8. The van der Waals surface area contributed by atoms with E-state index in [0.29, 0.717) is 6.54 Å². The van der Waals surface area contributed by atoms with Crippen LogP contribution in [0.25, 0.3) is 0 Å². The Morgan fingerprint density at radius 3 is 2.50 bits per heavy atom. The molecule has 1 aromatic heterocycles. The SMILES string of the molecule is Cc1cscc1CNC(=O)CC(C)(C)CC(=O)O. The molecule has 5 heteroatoms. The number of hydrogen-bond acceptors (Lipinski definition) is 3. The summed E-state index contributed by atoms with van der Waals surface area (Å²) in [5.41, 5.74) is 1.77. The summed E-state index contributed by atoms with van der Waals surface area (Å²) in [5, 5.41) is 15.6. The Labute approximate surface area is 111 Å². The molecule has 0 unspecified atom stereocenters. The van der Waals surface area contributed by atoms with Gasteiger partial charge in [-0.05, 0) is 34.2 Å².